The largest absolute Gasteiger partial charge is 0.366 e. The van der Waals surface area contributed by atoms with Crippen LogP contribution in [-0.4, -0.2) is 36.1 Å². The molecule has 0 spiro atoms. The van der Waals surface area contributed by atoms with Gasteiger partial charge in [-0.2, -0.15) is 0 Å². The van der Waals surface area contributed by atoms with E-state index in [0.29, 0.717) is 49.8 Å². The summed E-state index contributed by atoms with van der Waals surface area (Å²) >= 11 is 0. The molecule has 6 heteroatoms. The lowest BCUT2D eigenvalue weighted by Crippen LogP contribution is -2.48. The maximum Gasteiger partial charge on any atom is 0.256 e. The Morgan fingerprint density at radius 3 is 2.29 bits per heavy atom. The molecule has 1 N–H and O–H groups in total. The Balaban J connectivity index is 1.49. The number of aromatic nitrogens is 2. The lowest BCUT2D eigenvalue weighted by molar-refractivity contribution is 0.593. The summed E-state index contributed by atoms with van der Waals surface area (Å²) in [6, 6.07) is 16.7. The topological polar surface area (TPSA) is 52.2 Å². The normalized spacial score (nSPS) is 14.4. The second-order valence-electron chi connectivity index (χ2n) is 7.04. The molecule has 5 nitrogen and oxygen atoms in total. The molecule has 144 valence electrons. The molecule has 1 saturated heterocycles. The molecule has 0 amide bonds. The number of nitrogens with one attached hydrogen (secondary N) is 1. The zero-order valence-corrected chi connectivity index (χ0v) is 15.9. The van der Waals surface area contributed by atoms with E-state index in [1.165, 1.54) is 6.07 Å². The molecule has 0 radical (unpaired) electrons. The van der Waals surface area contributed by atoms with Gasteiger partial charge in [0.1, 0.15) is 5.82 Å². The van der Waals surface area contributed by atoms with Crippen LogP contribution in [0.25, 0.3) is 0 Å². The molecule has 28 heavy (non-hydrogen) atoms. The van der Waals surface area contributed by atoms with Crippen LogP contribution in [-0.2, 0) is 6.42 Å². The number of piperazine rings is 1. The quantitative estimate of drug-likeness (QED) is 0.758. The van der Waals surface area contributed by atoms with Crippen molar-refractivity contribution in [2.45, 2.75) is 13.3 Å². The van der Waals surface area contributed by atoms with Gasteiger partial charge in [0.2, 0.25) is 5.95 Å². The zero-order valence-electron chi connectivity index (χ0n) is 15.9. The van der Waals surface area contributed by atoms with E-state index in [-0.39, 0.29) is 11.4 Å². The minimum absolute atomic E-state index is 0.0945. The van der Waals surface area contributed by atoms with Gasteiger partial charge < -0.3 is 9.80 Å². The molecule has 1 aliphatic rings. The van der Waals surface area contributed by atoms with Crippen LogP contribution in [0, 0.1) is 12.7 Å². The number of aromatic amines is 1. The van der Waals surface area contributed by atoms with Crippen molar-refractivity contribution in [1.82, 2.24) is 9.97 Å². The van der Waals surface area contributed by atoms with Gasteiger partial charge in [-0.1, -0.05) is 42.5 Å². The van der Waals surface area contributed by atoms with Crippen molar-refractivity contribution in [1.29, 1.82) is 0 Å². The number of hydrogen-bond acceptors (Lipinski definition) is 4. The van der Waals surface area contributed by atoms with Gasteiger partial charge >= 0.3 is 0 Å². The van der Waals surface area contributed by atoms with E-state index in [1.54, 1.807) is 12.1 Å². The van der Waals surface area contributed by atoms with Crippen molar-refractivity contribution < 1.29 is 4.39 Å². The maximum atomic E-state index is 14.0. The minimum atomic E-state index is -0.205. The van der Waals surface area contributed by atoms with Crippen LogP contribution in [0.5, 0.6) is 0 Å². The third-order valence-corrected chi connectivity index (χ3v) is 5.21. The highest BCUT2D eigenvalue weighted by atomic mass is 19.1. The van der Waals surface area contributed by atoms with Crippen molar-refractivity contribution >= 4 is 11.6 Å². The van der Waals surface area contributed by atoms with Crippen molar-refractivity contribution in [2.24, 2.45) is 0 Å². The van der Waals surface area contributed by atoms with Crippen LogP contribution in [0.15, 0.2) is 59.4 Å². The summed E-state index contributed by atoms with van der Waals surface area (Å²) in [7, 11) is 0. The molecule has 2 aromatic carbocycles. The van der Waals surface area contributed by atoms with Gasteiger partial charge in [0.05, 0.1) is 11.4 Å². The molecule has 2 heterocycles. The van der Waals surface area contributed by atoms with Crippen LogP contribution in [0.4, 0.5) is 16.0 Å². The third-order valence-electron chi connectivity index (χ3n) is 5.21. The highest BCUT2D eigenvalue weighted by Crippen LogP contribution is 2.21. The van der Waals surface area contributed by atoms with Crippen LogP contribution in [0.3, 0.4) is 0 Å². The van der Waals surface area contributed by atoms with E-state index in [4.69, 9.17) is 0 Å². The summed E-state index contributed by atoms with van der Waals surface area (Å²) in [5, 5.41) is 0. The Hall–Kier alpha value is -3.15. The first-order chi connectivity index (χ1) is 13.6. The highest BCUT2D eigenvalue weighted by Gasteiger charge is 2.21. The zero-order chi connectivity index (χ0) is 19.5. The molecule has 0 aliphatic carbocycles. The number of nitrogens with zero attached hydrogens (tertiary/aromatic N) is 3. The molecule has 1 aliphatic heterocycles. The molecular formula is C22H23FN4O. The van der Waals surface area contributed by atoms with Gasteiger partial charge in [-0.15, -0.1) is 0 Å². The Bertz CT molecular complexity index is 1010. The van der Waals surface area contributed by atoms with Crippen molar-refractivity contribution in [3.63, 3.8) is 0 Å². The summed E-state index contributed by atoms with van der Waals surface area (Å²) in [5.41, 5.74) is 3.06. The first kappa shape index (κ1) is 18.2. The predicted molar refractivity (Wildman–Crippen MR) is 110 cm³/mol. The summed E-state index contributed by atoms with van der Waals surface area (Å²) in [6.07, 6.45) is 0.566. The number of benzene rings is 2. The van der Waals surface area contributed by atoms with Crippen LogP contribution in [0.2, 0.25) is 0 Å². The lowest BCUT2D eigenvalue weighted by Gasteiger charge is -2.36. The van der Waals surface area contributed by atoms with E-state index in [9.17, 15) is 9.18 Å². The average Bonchev–Trinajstić information content (AvgIpc) is 2.72. The Morgan fingerprint density at radius 2 is 1.61 bits per heavy atom. The van der Waals surface area contributed by atoms with E-state index in [1.807, 2.05) is 48.2 Å². The molecule has 0 unspecified atom stereocenters. The van der Waals surface area contributed by atoms with Crippen molar-refractivity contribution in [2.75, 3.05) is 36.0 Å². The SMILES string of the molecule is Cc1nc(N2CCN(c3ccccc3F)CC2)[nH]c(=O)c1Cc1ccccc1. The Labute approximate surface area is 163 Å². The third kappa shape index (κ3) is 3.76. The fourth-order valence-electron chi connectivity index (χ4n) is 3.62. The van der Waals surface area contributed by atoms with Gasteiger partial charge in [-0.05, 0) is 24.6 Å². The smallest absolute Gasteiger partial charge is 0.256 e. The summed E-state index contributed by atoms with van der Waals surface area (Å²) in [6.45, 7) is 4.58. The second-order valence-corrected chi connectivity index (χ2v) is 7.04. The first-order valence-corrected chi connectivity index (χ1v) is 9.50. The molecule has 1 aromatic heterocycles. The monoisotopic (exact) mass is 378 g/mol. The fraction of sp³-hybridized carbons (Fsp3) is 0.273. The van der Waals surface area contributed by atoms with E-state index in [0.717, 1.165) is 11.3 Å². The fourth-order valence-corrected chi connectivity index (χ4v) is 3.62. The summed E-state index contributed by atoms with van der Waals surface area (Å²) < 4.78 is 14.0. The van der Waals surface area contributed by atoms with E-state index in [2.05, 4.69) is 14.9 Å². The molecule has 0 bridgehead atoms. The van der Waals surface area contributed by atoms with Gasteiger partial charge in [-0.25, -0.2) is 9.37 Å². The van der Waals surface area contributed by atoms with Crippen LogP contribution in [0.1, 0.15) is 16.8 Å². The number of para-hydroxylation sites is 1. The predicted octanol–water partition coefficient (Wildman–Crippen LogP) is 3.13. The number of rotatable bonds is 4. The second kappa shape index (κ2) is 7.84. The highest BCUT2D eigenvalue weighted by molar-refractivity contribution is 5.49. The van der Waals surface area contributed by atoms with Crippen molar-refractivity contribution in [3.8, 4) is 0 Å². The van der Waals surface area contributed by atoms with Crippen LogP contribution < -0.4 is 15.4 Å². The maximum absolute atomic E-state index is 14.0. The molecule has 3 aromatic rings. The van der Waals surface area contributed by atoms with E-state index >= 15 is 0 Å². The molecule has 4 rings (SSSR count). The van der Waals surface area contributed by atoms with Gasteiger partial charge in [-0.3, -0.25) is 9.78 Å². The standard InChI is InChI=1S/C22H23FN4O/c1-16-18(15-17-7-3-2-4-8-17)21(28)25-22(24-16)27-13-11-26(12-14-27)20-10-6-5-9-19(20)23/h2-10H,11-15H2,1H3,(H,24,25,28). The Kier molecular flexibility index (Phi) is 5.10. The number of hydrogen-bond donors (Lipinski definition) is 1. The van der Waals surface area contributed by atoms with Gasteiger partial charge in [0.15, 0.2) is 0 Å². The average molecular weight is 378 g/mol. The minimum Gasteiger partial charge on any atom is -0.366 e. The Morgan fingerprint density at radius 1 is 0.964 bits per heavy atom. The molecule has 1 fully saturated rings. The number of anilines is 2. The van der Waals surface area contributed by atoms with E-state index < -0.39 is 0 Å². The number of aryl methyl sites for hydroxylation is 1. The molecule has 0 saturated carbocycles. The van der Waals surface area contributed by atoms with Crippen molar-refractivity contribution in [3.05, 3.63) is 87.6 Å². The van der Waals surface area contributed by atoms with Gasteiger partial charge in [0.25, 0.3) is 5.56 Å². The molecular weight excluding hydrogens is 355 g/mol. The number of halogens is 1. The van der Waals surface area contributed by atoms with Gasteiger partial charge in [0, 0.05) is 38.2 Å². The summed E-state index contributed by atoms with van der Waals surface area (Å²) in [5.74, 6) is 0.385. The lowest BCUT2D eigenvalue weighted by atomic mass is 10.1. The molecule has 0 atom stereocenters. The number of H-pyrrole nitrogens is 1. The van der Waals surface area contributed by atoms with Crippen LogP contribution >= 0.6 is 0 Å². The summed E-state index contributed by atoms with van der Waals surface area (Å²) in [4.78, 5) is 24.3. The first-order valence-electron chi connectivity index (χ1n) is 9.50.